The number of aromatic nitrogens is 1. The van der Waals surface area contributed by atoms with Gasteiger partial charge in [0.25, 0.3) is 0 Å². The molecule has 2 N–H and O–H groups in total. The quantitative estimate of drug-likeness (QED) is 0.907. The first kappa shape index (κ1) is 13.4. The average molecular weight is 269 g/mol. The molecule has 0 spiro atoms. The Morgan fingerprint density at radius 1 is 1.25 bits per heavy atom. The molecule has 3 nitrogen and oxygen atoms in total. The first-order valence-corrected chi connectivity index (χ1v) is 7.65. The molecule has 1 aliphatic rings. The van der Waals surface area contributed by atoms with Gasteiger partial charge in [-0.15, -0.1) is 0 Å². The third-order valence-electron chi connectivity index (χ3n) is 4.31. The zero-order chi connectivity index (χ0) is 13.9. The van der Waals surface area contributed by atoms with Crippen molar-refractivity contribution in [3.05, 3.63) is 36.0 Å². The molecule has 1 fully saturated rings. The smallest absolute Gasteiger partial charge is 0.137 e. The van der Waals surface area contributed by atoms with Gasteiger partial charge in [0, 0.05) is 24.5 Å². The van der Waals surface area contributed by atoms with Gasteiger partial charge in [-0.25, -0.2) is 4.98 Å². The second-order valence-corrected chi connectivity index (χ2v) is 5.75. The van der Waals surface area contributed by atoms with Gasteiger partial charge in [-0.3, -0.25) is 0 Å². The standard InChI is InChI=1S/C17H23N3/c1-13-7-3-2-6-10-20(13)17-16-9-5-4-8-14(16)11-15(12-18)19-17/h4-5,8-9,11,13H,2-3,6-7,10,12,18H2,1H3. The van der Waals surface area contributed by atoms with E-state index in [1.807, 2.05) is 0 Å². The molecule has 2 heterocycles. The number of benzene rings is 1. The number of hydrogen-bond donors (Lipinski definition) is 1. The Hall–Kier alpha value is -1.61. The van der Waals surface area contributed by atoms with Gasteiger partial charge in [-0.2, -0.15) is 0 Å². The average Bonchev–Trinajstić information content (AvgIpc) is 2.70. The summed E-state index contributed by atoms with van der Waals surface area (Å²) in [5, 5.41) is 2.49. The molecule has 0 aliphatic carbocycles. The van der Waals surface area contributed by atoms with Gasteiger partial charge in [-0.1, -0.05) is 37.1 Å². The SMILES string of the molecule is CC1CCCCCN1c1nc(CN)cc2ccccc12. The van der Waals surface area contributed by atoms with Crippen molar-refractivity contribution in [2.75, 3.05) is 11.4 Å². The third kappa shape index (κ3) is 2.50. The van der Waals surface area contributed by atoms with Gasteiger partial charge >= 0.3 is 0 Å². The van der Waals surface area contributed by atoms with Crippen molar-refractivity contribution in [3.63, 3.8) is 0 Å². The summed E-state index contributed by atoms with van der Waals surface area (Å²) < 4.78 is 0. The highest BCUT2D eigenvalue weighted by Crippen LogP contribution is 2.30. The van der Waals surface area contributed by atoms with Crippen LogP contribution in [0.5, 0.6) is 0 Å². The molecule has 0 amide bonds. The van der Waals surface area contributed by atoms with E-state index in [1.165, 1.54) is 36.5 Å². The summed E-state index contributed by atoms with van der Waals surface area (Å²) in [6.45, 7) is 3.92. The fourth-order valence-electron chi connectivity index (χ4n) is 3.15. The van der Waals surface area contributed by atoms with Gasteiger partial charge in [0.2, 0.25) is 0 Å². The fourth-order valence-corrected chi connectivity index (χ4v) is 3.15. The van der Waals surface area contributed by atoms with Crippen LogP contribution in [0.1, 0.15) is 38.3 Å². The van der Waals surface area contributed by atoms with Crippen molar-refractivity contribution in [2.24, 2.45) is 5.73 Å². The number of pyridine rings is 1. The van der Waals surface area contributed by atoms with E-state index < -0.39 is 0 Å². The molecule has 3 heteroatoms. The Labute approximate surface area is 120 Å². The second kappa shape index (κ2) is 5.80. The van der Waals surface area contributed by atoms with E-state index in [0.29, 0.717) is 12.6 Å². The maximum atomic E-state index is 5.82. The molecule has 0 saturated carbocycles. The van der Waals surface area contributed by atoms with Crippen LogP contribution in [-0.2, 0) is 6.54 Å². The zero-order valence-electron chi connectivity index (χ0n) is 12.2. The maximum absolute atomic E-state index is 5.82. The summed E-state index contributed by atoms with van der Waals surface area (Å²) in [5.74, 6) is 1.12. The summed E-state index contributed by atoms with van der Waals surface area (Å²) in [7, 11) is 0. The lowest BCUT2D eigenvalue weighted by molar-refractivity contribution is 0.612. The minimum atomic E-state index is 0.500. The van der Waals surface area contributed by atoms with Crippen LogP contribution in [-0.4, -0.2) is 17.6 Å². The van der Waals surface area contributed by atoms with E-state index in [1.54, 1.807) is 0 Å². The number of nitrogens with zero attached hydrogens (tertiary/aromatic N) is 2. The van der Waals surface area contributed by atoms with Gasteiger partial charge in [0.1, 0.15) is 5.82 Å². The van der Waals surface area contributed by atoms with Crippen molar-refractivity contribution >= 4 is 16.6 Å². The topological polar surface area (TPSA) is 42.2 Å². The number of rotatable bonds is 2. The molecule has 20 heavy (non-hydrogen) atoms. The van der Waals surface area contributed by atoms with E-state index in [4.69, 9.17) is 10.7 Å². The molecule has 1 aromatic heterocycles. The van der Waals surface area contributed by atoms with Crippen LogP contribution >= 0.6 is 0 Å². The van der Waals surface area contributed by atoms with Crippen LogP contribution in [0.4, 0.5) is 5.82 Å². The van der Waals surface area contributed by atoms with Gasteiger partial charge in [0.05, 0.1) is 5.69 Å². The summed E-state index contributed by atoms with van der Waals surface area (Å²) in [6.07, 6.45) is 5.16. The first-order chi connectivity index (χ1) is 9.79. The van der Waals surface area contributed by atoms with Crippen molar-refractivity contribution < 1.29 is 0 Å². The van der Waals surface area contributed by atoms with Crippen LogP contribution in [0.25, 0.3) is 10.8 Å². The maximum Gasteiger partial charge on any atom is 0.137 e. The van der Waals surface area contributed by atoms with Gasteiger partial charge < -0.3 is 10.6 Å². The van der Waals surface area contributed by atoms with Gasteiger partial charge in [-0.05, 0) is 31.2 Å². The molecule has 1 aliphatic heterocycles. The minimum Gasteiger partial charge on any atom is -0.353 e. The molecule has 1 aromatic carbocycles. The summed E-state index contributed by atoms with van der Waals surface area (Å²) in [5.41, 5.74) is 6.81. The van der Waals surface area contributed by atoms with Crippen LogP contribution in [0.3, 0.4) is 0 Å². The van der Waals surface area contributed by atoms with E-state index in [0.717, 1.165) is 18.1 Å². The third-order valence-corrected chi connectivity index (χ3v) is 4.31. The minimum absolute atomic E-state index is 0.500. The Morgan fingerprint density at radius 3 is 2.95 bits per heavy atom. The fraction of sp³-hybridized carbons (Fsp3) is 0.471. The van der Waals surface area contributed by atoms with Crippen molar-refractivity contribution in [1.82, 2.24) is 4.98 Å². The van der Waals surface area contributed by atoms with E-state index in [2.05, 4.69) is 42.2 Å². The van der Waals surface area contributed by atoms with Crippen LogP contribution in [0, 0.1) is 0 Å². The monoisotopic (exact) mass is 269 g/mol. The lowest BCUT2D eigenvalue weighted by Gasteiger charge is -2.29. The van der Waals surface area contributed by atoms with Crippen molar-refractivity contribution in [1.29, 1.82) is 0 Å². The molecule has 0 bridgehead atoms. The Bertz CT molecular complexity index is 594. The molecular formula is C17H23N3. The molecule has 1 atom stereocenters. The highest BCUT2D eigenvalue weighted by atomic mass is 15.2. The molecular weight excluding hydrogens is 246 g/mol. The van der Waals surface area contributed by atoms with E-state index in [9.17, 15) is 0 Å². The zero-order valence-corrected chi connectivity index (χ0v) is 12.2. The Kier molecular flexibility index (Phi) is 3.88. The summed E-state index contributed by atoms with van der Waals surface area (Å²) in [4.78, 5) is 7.32. The lowest BCUT2D eigenvalue weighted by atomic mass is 10.1. The van der Waals surface area contributed by atoms with Crippen molar-refractivity contribution in [3.8, 4) is 0 Å². The van der Waals surface area contributed by atoms with E-state index >= 15 is 0 Å². The number of nitrogens with two attached hydrogens (primary N) is 1. The lowest BCUT2D eigenvalue weighted by Crippen LogP contribution is -2.33. The van der Waals surface area contributed by atoms with E-state index in [-0.39, 0.29) is 0 Å². The number of fused-ring (bicyclic) bond motifs is 1. The summed E-state index contributed by atoms with van der Waals surface area (Å²) >= 11 is 0. The summed E-state index contributed by atoms with van der Waals surface area (Å²) in [6, 6.07) is 11.2. The molecule has 1 unspecified atom stereocenters. The predicted octanol–water partition coefficient (Wildman–Crippen LogP) is 3.46. The van der Waals surface area contributed by atoms with Gasteiger partial charge in [0.15, 0.2) is 0 Å². The number of hydrogen-bond acceptors (Lipinski definition) is 3. The highest BCUT2D eigenvalue weighted by molar-refractivity contribution is 5.92. The Morgan fingerprint density at radius 2 is 2.10 bits per heavy atom. The molecule has 106 valence electrons. The largest absolute Gasteiger partial charge is 0.353 e. The first-order valence-electron chi connectivity index (χ1n) is 7.65. The molecule has 2 aromatic rings. The number of anilines is 1. The van der Waals surface area contributed by atoms with Crippen LogP contribution in [0.15, 0.2) is 30.3 Å². The van der Waals surface area contributed by atoms with Crippen molar-refractivity contribution in [2.45, 2.75) is 45.2 Å². The second-order valence-electron chi connectivity index (χ2n) is 5.75. The normalized spacial score (nSPS) is 20.1. The highest BCUT2D eigenvalue weighted by Gasteiger charge is 2.20. The van der Waals surface area contributed by atoms with Crippen LogP contribution < -0.4 is 10.6 Å². The predicted molar refractivity (Wildman–Crippen MR) is 84.9 cm³/mol. The molecule has 1 saturated heterocycles. The molecule has 0 radical (unpaired) electrons. The Balaban J connectivity index is 2.12. The van der Waals surface area contributed by atoms with Crippen LogP contribution in [0.2, 0.25) is 0 Å². The molecule has 3 rings (SSSR count).